The molecule has 3 N–H and O–H groups in total. The molecule has 1 atom stereocenters. The van der Waals surface area contributed by atoms with E-state index in [1.165, 1.54) is 11.8 Å². The zero-order chi connectivity index (χ0) is 29.3. The highest BCUT2D eigenvalue weighted by Crippen LogP contribution is 2.45. The number of amides is 3. The maximum atomic E-state index is 13.4. The van der Waals surface area contributed by atoms with Crippen molar-refractivity contribution in [3.8, 4) is 17.6 Å². The highest BCUT2D eigenvalue weighted by molar-refractivity contribution is 8.06. The Morgan fingerprint density at radius 1 is 1.18 bits per heavy atom. The molecule has 0 aromatic heterocycles. The van der Waals surface area contributed by atoms with Crippen LogP contribution in [0.3, 0.4) is 0 Å². The first-order chi connectivity index (χ1) is 19.1. The van der Waals surface area contributed by atoms with Gasteiger partial charge in [0, 0.05) is 17.3 Å². The predicted octanol–water partition coefficient (Wildman–Crippen LogP) is 3.23. The first kappa shape index (κ1) is 30.3. The first-order valence-electron chi connectivity index (χ1n) is 12.9. The summed E-state index contributed by atoms with van der Waals surface area (Å²) in [6.45, 7) is 13.5. The number of hydrogen-bond acceptors (Lipinski definition) is 5. The minimum atomic E-state index is -0.812. The normalized spacial score (nSPS) is 14.4. The molecule has 208 valence electrons. The standard InChI is InChI=1S/C32H35N3O4S/c1-7-17-40-22(4)14-13-21(3)34-31(38)30(37)33-20-25-11-9-10-12-27(25)29(36)35-32(15-16-32)26-18-24(8-2)23(5)28(19-26)39-6/h7-12,17-19,21H,4-5,15-16,20H2,1-3,6H3,(H,33,37)(H,34,38)(H,35,36)/b17-7-,24-8-. The second-order valence-electron chi connectivity index (χ2n) is 9.39. The van der Waals surface area contributed by atoms with Crippen LogP contribution in [0.5, 0.6) is 5.75 Å². The van der Waals surface area contributed by atoms with E-state index in [0.29, 0.717) is 21.8 Å². The molecule has 40 heavy (non-hydrogen) atoms. The van der Waals surface area contributed by atoms with Gasteiger partial charge in [-0.1, -0.05) is 67.1 Å². The van der Waals surface area contributed by atoms with Gasteiger partial charge in [0.2, 0.25) is 0 Å². The number of nitrogens with one attached hydrogen (secondary N) is 3. The van der Waals surface area contributed by atoms with E-state index < -0.39 is 23.4 Å². The van der Waals surface area contributed by atoms with Gasteiger partial charge >= 0.3 is 11.8 Å². The molecular weight excluding hydrogens is 522 g/mol. The summed E-state index contributed by atoms with van der Waals surface area (Å²) in [7, 11) is 1.60. The van der Waals surface area contributed by atoms with E-state index in [-0.39, 0.29) is 12.5 Å². The molecule has 8 heteroatoms. The number of thioether (sulfide) groups is 1. The van der Waals surface area contributed by atoms with Crippen LogP contribution in [0.4, 0.5) is 0 Å². The zero-order valence-electron chi connectivity index (χ0n) is 23.4. The van der Waals surface area contributed by atoms with E-state index in [1.807, 2.05) is 43.5 Å². The third kappa shape index (κ3) is 7.67. The molecule has 1 saturated carbocycles. The summed E-state index contributed by atoms with van der Waals surface area (Å²) >= 11 is 1.38. The molecule has 1 aliphatic carbocycles. The first-order valence-corrected chi connectivity index (χ1v) is 13.8. The van der Waals surface area contributed by atoms with E-state index in [2.05, 4.69) is 40.9 Å². The van der Waals surface area contributed by atoms with Crippen LogP contribution in [0.15, 0.2) is 59.4 Å². The van der Waals surface area contributed by atoms with Gasteiger partial charge in [0.15, 0.2) is 0 Å². The molecule has 0 heterocycles. The Kier molecular flexibility index (Phi) is 10.4. The summed E-state index contributed by atoms with van der Waals surface area (Å²) in [5, 5.41) is 12.0. The largest absolute Gasteiger partial charge is 0.496 e. The number of carbonyl (C=O) groups is 3. The van der Waals surface area contributed by atoms with Gasteiger partial charge in [0.05, 0.1) is 23.6 Å². The van der Waals surface area contributed by atoms with Crippen LogP contribution >= 0.6 is 11.8 Å². The number of methoxy groups -OCH3 is 1. The lowest BCUT2D eigenvalue weighted by molar-refractivity contribution is -0.139. The SMILES string of the molecule is C=C(C#CC(C)NC(=O)C(=O)NCc1ccccc1C(=O)NC1(c2cc(OC)c(=C)/c(=C\C)c2)CC1)S/C=C\C. The second-order valence-corrected chi connectivity index (χ2v) is 10.4. The molecule has 2 aromatic rings. The van der Waals surface area contributed by atoms with Crippen LogP contribution in [-0.2, 0) is 21.7 Å². The lowest BCUT2D eigenvalue weighted by atomic mass is 10.00. The zero-order valence-corrected chi connectivity index (χ0v) is 24.2. The van der Waals surface area contributed by atoms with Crippen molar-refractivity contribution in [2.75, 3.05) is 7.11 Å². The maximum absolute atomic E-state index is 13.4. The molecular formula is C32H35N3O4S. The van der Waals surface area contributed by atoms with Crippen molar-refractivity contribution in [2.24, 2.45) is 0 Å². The number of rotatable bonds is 9. The van der Waals surface area contributed by atoms with Crippen molar-refractivity contribution >= 4 is 42.1 Å². The Labute approximate surface area is 239 Å². The van der Waals surface area contributed by atoms with Crippen LogP contribution in [0.25, 0.3) is 12.7 Å². The van der Waals surface area contributed by atoms with Crippen molar-refractivity contribution in [1.29, 1.82) is 0 Å². The molecule has 1 fully saturated rings. The molecule has 0 bridgehead atoms. The molecule has 3 amide bonds. The van der Waals surface area contributed by atoms with Crippen molar-refractivity contribution in [3.63, 3.8) is 0 Å². The van der Waals surface area contributed by atoms with Gasteiger partial charge in [0.1, 0.15) is 5.75 Å². The van der Waals surface area contributed by atoms with E-state index >= 15 is 0 Å². The predicted molar refractivity (Wildman–Crippen MR) is 161 cm³/mol. The fourth-order valence-corrected chi connectivity index (χ4v) is 4.52. The molecule has 0 spiro atoms. The van der Waals surface area contributed by atoms with Crippen LogP contribution in [-0.4, -0.2) is 30.9 Å². The summed E-state index contributed by atoms with van der Waals surface area (Å²) in [5.74, 6) is 4.50. The molecule has 0 aliphatic heterocycles. The number of allylic oxidation sites excluding steroid dienone is 2. The van der Waals surface area contributed by atoms with Crippen LogP contribution in [0.1, 0.15) is 55.1 Å². The van der Waals surface area contributed by atoms with E-state index in [4.69, 9.17) is 4.74 Å². The average Bonchev–Trinajstić information content (AvgIpc) is 3.74. The minimum absolute atomic E-state index is 0.0126. The minimum Gasteiger partial charge on any atom is -0.496 e. The van der Waals surface area contributed by atoms with Crippen molar-refractivity contribution in [2.45, 2.75) is 51.7 Å². The van der Waals surface area contributed by atoms with Gasteiger partial charge in [-0.05, 0) is 73.6 Å². The number of carbonyl (C=O) groups excluding carboxylic acids is 3. The van der Waals surface area contributed by atoms with Gasteiger partial charge in [-0.2, -0.15) is 0 Å². The van der Waals surface area contributed by atoms with Gasteiger partial charge in [0.25, 0.3) is 5.91 Å². The summed E-state index contributed by atoms with van der Waals surface area (Å²) < 4.78 is 5.51. The van der Waals surface area contributed by atoms with Crippen molar-refractivity contribution in [1.82, 2.24) is 16.0 Å². The van der Waals surface area contributed by atoms with Gasteiger partial charge in [-0.3, -0.25) is 14.4 Å². The van der Waals surface area contributed by atoms with E-state index in [9.17, 15) is 14.4 Å². The quantitative estimate of drug-likeness (QED) is 0.325. The monoisotopic (exact) mass is 557 g/mol. The Balaban J connectivity index is 1.66. The van der Waals surface area contributed by atoms with E-state index in [1.54, 1.807) is 38.3 Å². The van der Waals surface area contributed by atoms with Crippen LogP contribution < -0.4 is 31.1 Å². The highest BCUT2D eigenvalue weighted by atomic mass is 32.2. The Morgan fingerprint density at radius 3 is 2.55 bits per heavy atom. The maximum Gasteiger partial charge on any atom is 0.310 e. The average molecular weight is 558 g/mol. The third-order valence-electron chi connectivity index (χ3n) is 6.46. The molecule has 3 rings (SSSR count). The second kappa shape index (κ2) is 13.7. The Hall–Kier alpha value is -4.22. The summed E-state index contributed by atoms with van der Waals surface area (Å²) in [6, 6.07) is 10.4. The lowest BCUT2D eigenvalue weighted by Gasteiger charge is -2.20. The summed E-state index contributed by atoms with van der Waals surface area (Å²) in [6.07, 6.45) is 5.43. The molecule has 0 saturated heterocycles. The fraction of sp³-hybridized carbons (Fsp3) is 0.281. The fourth-order valence-electron chi connectivity index (χ4n) is 4.10. The number of benzene rings is 2. The van der Waals surface area contributed by atoms with Crippen LogP contribution in [0, 0.1) is 11.8 Å². The summed E-state index contributed by atoms with van der Waals surface area (Å²) in [5.41, 5.74) is 1.48. The molecule has 1 unspecified atom stereocenters. The van der Waals surface area contributed by atoms with Crippen LogP contribution in [0.2, 0.25) is 0 Å². The topological polar surface area (TPSA) is 96.5 Å². The third-order valence-corrected chi connectivity index (χ3v) is 7.25. The number of hydrogen-bond donors (Lipinski definition) is 3. The van der Waals surface area contributed by atoms with Gasteiger partial charge in [-0.25, -0.2) is 0 Å². The Morgan fingerprint density at radius 2 is 1.90 bits per heavy atom. The smallest absolute Gasteiger partial charge is 0.310 e. The molecule has 1 aliphatic rings. The summed E-state index contributed by atoms with van der Waals surface area (Å²) in [4.78, 5) is 38.9. The Bertz CT molecular complexity index is 1510. The van der Waals surface area contributed by atoms with Crippen molar-refractivity contribution in [3.05, 3.63) is 86.5 Å². The molecule has 7 nitrogen and oxygen atoms in total. The molecule has 2 aromatic carbocycles. The van der Waals surface area contributed by atoms with Crippen molar-refractivity contribution < 1.29 is 19.1 Å². The van der Waals surface area contributed by atoms with E-state index in [0.717, 1.165) is 28.8 Å². The van der Waals surface area contributed by atoms with Gasteiger partial charge < -0.3 is 20.7 Å². The molecule has 0 radical (unpaired) electrons. The highest BCUT2D eigenvalue weighted by Gasteiger charge is 2.46. The number of ether oxygens (including phenoxy) is 1. The lowest BCUT2D eigenvalue weighted by Crippen LogP contribution is -2.43. The van der Waals surface area contributed by atoms with Gasteiger partial charge in [-0.15, -0.1) is 0 Å².